The van der Waals surface area contributed by atoms with Crippen molar-refractivity contribution in [2.45, 2.75) is 44.6 Å². The van der Waals surface area contributed by atoms with Crippen LogP contribution >= 0.6 is 0 Å². The second kappa shape index (κ2) is 4.30. The fourth-order valence-electron chi connectivity index (χ4n) is 2.11. The zero-order valence-corrected chi connectivity index (χ0v) is 8.61. The molecular weight excluding hydrogens is 178 g/mol. The maximum Gasteiger partial charge on any atom is 0.304 e. The van der Waals surface area contributed by atoms with Crippen molar-refractivity contribution in [3.63, 3.8) is 0 Å². The van der Waals surface area contributed by atoms with Crippen LogP contribution in [0.1, 0.15) is 38.5 Å². The first-order valence-electron chi connectivity index (χ1n) is 5.71. The molecule has 80 valence electrons. The number of nitrogens with zero attached hydrogens (tertiary/aromatic N) is 1. The van der Waals surface area contributed by atoms with E-state index in [2.05, 4.69) is 4.90 Å². The maximum absolute atomic E-state index is 10.5. The van der Waals surface area contributed by atoms with Gasteiger partial charge in [0.05, 0.1) is 6.42 Å². The molecule has 3 heteroatoms. The molecule has 0 aliphatic heterocycles. The van der Waals surface area contributed by atoms with Crippen LogP contribution in [0.2, 0.25) is 0 Å². The molecule has 0 atom stereocenters. The van der Waals surface area contributed by atoms with Gasteiger partial charge in [-0.1, -0.05) is 6.42 Å². The number of carboxylic acids is 1. The SMILES string of the molecule is O=C(O)CCN(CC1CCC1)C1CC1. The Labute approximate surface area is 85.1 Å². The first-order valence-corrected chi connectivity index (χ1v) is 5.71. The number of hydrogen-bond acceptors (Lipinski definition) is 2. The van der Waals surface area contributed by atoms with Gasteiger partial charge in [0.1, 0.15) is 0 Å². The van der Waals surface area contributed by atoms with Crippen LogP contribution in [0.3, 0.4) is 0 Å². The molecule has 2 rings (SSSR count). The van der Waals surface area contributed by atoms with Gasteiger partial charge in [-0.2, -0.15) is 0 Å². The molecular formula is C11H19NO2. The fraction of sp³-hybridized carbons (Fsp3) is 0.909. The first kappa shape index (κ1) is 9.97. The molecule has 3 nitrogen and oxygen atoms in total. The number of carboxylic acid groups (broad SMARTS) is 1. The summed E-state index contributed by atoms with van der Waals surface area (Å²) in [6, 6.07) is 0.718. The van der Waals surface area contributed by atoms with Crippen LogP contribution in [0.5, 0.6) is 0 Å². The van der Waals surface area contributed by atoms with Crippen LogP contribution in [0, 0.1) is 5.92 Å². The molecule has 0 aromatic heterocycles. The third-order valence-electron chi connectivity index (χ3n) is 3.39. The van der Waals surface area contributed by atoms with Crippen molar-refractivity contribution in [3.8, 4) is 0 Å². The van der Waals surface area contributed by atoms with Crippen molar-refractivity contribution in [3.05, 3.63) is 0 Å². The molecule has 2 saturated carbocycles. The van der Waals surface area contributed by atoms with Crippen LogP contribution < -0.4 is 0 Å². The Balaban J connectivity index is 1.71. The van der Waals surface area contributed by atoms with Gasteiger partial charge in [-0.05, 0) is 31.6 Å². The lowest BCUT2D eigenvalue weighted by molar-refractivity contribution is -0.137. The normalized spacial score (nSPS) is 22.4. The van der Waals surface area contributed by atoms with E-state index < -0.39 is 5.97 Å². The number of aliphatic carboxylic acids is 1. The van der Waals surface area contributed by atoms with E-state index in [0.717, 1.165) is 25.0 Å². The van der Waals surface area contributed by atoms with E-state index in [-0.39, 0.29) is 0 Å². The van der Waals surface area contributed by atoms with Crippen LogP contribution in [0.15, 0.2) is 0 Å². The minimum Gasteiger partial charge on any atom is -0.481 e. The number of rotatable bonds is 6. The molecule has 0 bridgehead atoms. The average molecular weight is 197 g/mol. The van der Waals surface area contributed by atoms with Crippen LogP contribution in [0.4, 0.5) is 0 Å². The monoisotopic (exact) mass is 197 g/mol. The third-order valence-corrected chi connectivity index (χ3v) is 3.39. The largest absolute Gasteiger partial charge is 0.481 e. The van der Waals surface area contributed by atoms with Crippen molar-refractivity contribution < 1.29 is 9.90 Å². The molecule has 0 spiro atoms. The third kappa shape index (κ3) is 2.71. The standard InChI is InChI=1S/C11H19NO2/c13-11(14)6-7-12(10-4-5-10)8-9-2-1-3-9/h9-10H,1-8H2,(H,13,14). The smallest absolute Gasteiger partial charge is 0.304 e. The van der Waals surface area contributed by atoms with E-state index >= 15 is 0 Å². The molecule has 0 aromatic carbocycles. The highest BCUT2D eigenvalue weighted by Gasteiger charge is 2.31. The highest BCUT2D eigenvalue weighted by atomic mass is 16.4. The van der Waals surface area contributed by atoms with E-state index in [9.17, 15) is 4.79 Å². The Morgan fingerprint density at radius 3 is 2.43 bits per heavy atom. The summed E-state index contributed by atoms with van der Waals surface area (Å²) in [5.41, 5.74) is 0. The Kier molecular flexibility index (Phi) is 3.06. The first-order chi connectivity index (χ1) is 6.75. The van der Waals surface area contributed by atoms with E-state index in [4.69, 9.17) is 5.11 Å². The predicted molar refractivity (Wildman–Crippen MR) is 54.2 cm³/mol. The molecule has 14 heavy (non-hydrogen) atoms. The lowest BCUT2D eigenvalue weighted by Crippen LogP contribution is -2.35. The molecule has 0 amide bonds. The second-order valence-corrected chi connectivity index (χ2v) is 4.67. The predicted octanol–water partition coefficient (Wildman–Crippen LogP) is 1.73. The quantitative estimate of drug-likeness (QED) is 0.705. The van der Waals surface area contributed by atoms with Gasteiger partial charge in [-0.3, -0.25) is 9.69 Å². The van der Waals surface area contributed by atoms with Gasteiger partial charge in [0.25, 0.3) is 0 Å². The van der Waals surface area contributed by atoms with Crippen molar-refractivity contribution in [1.29, 1.82) is 0 Å². The van der Waals surface area contributed by atoms with Gasteiger partial charge in [-0.15, -0.1) is 0 Å². The lowest BCUT2D eigenvalue weighted by atomic mass is 9.85. The number of carbonyl (C=O) groups is 1. The molecule has 2 fully saturated rings. The molecule has 2 aliphatic rings. The summed E-state index contributed by atoms with van der Waals surface area (Å²) in [6.45, 7) is 1.91. The van der Waals surface area contributed by atoms with Crippen LogP contribution in [-0.2, 0) is 4.79 Å². The summed E-state index contributed by atoms with van der Waals surface area (Å²) in [5, 5.41) is 8.64. The van der Waals surface area contributed by atoms with E-state index in [1.807, 2.05) is 0 Å². The Hall–Kier alpha value is -0.570. The fourth-order valence-corrected chi connectivity index (χ4v) is 2.11. The van der Waals surface area contributed by atoms with Crippen LogP contribution in [0.25, 0.3) is 0 Å². The van der Waals surface area contributed by atoms with Gasteiger partial charge in [-0.25, -0.2) is 0 Å². The molecule has 0 heterocycles. The minimum atomic E-state index is -0.663. The topological polar surface area (TPSA) is 40.5 Å². The van der Waals surface area contributed by atoms with Crippen molar-refractivity contribution in [2.24, 2.45) is 5.92 Å². The zero-order chi connectivity index (χ0) is 9.97. The molecule has 0 unspecified atom stereocenters. The van der Waals surface area contributed by atoms with Gasteiger partial charge in [0, 0.05) is 19.1 Å². The molecule has 0 radical (unpaired) electrons. The van der Waals surface area contributed by atoms with E-state index in [1.54, 1.807) is 0 Å². The zero-order valence-electron chi connectivity index (χ0n) is 8.61. The summed E-state index contributed by atoms with van der Waals surface area (Å²) >= 11 is 0. The summed E-state index contributed by atoms with van der Waals surface area (Å²) in [4.78, 5) is 12.9. The molecule has 0 aromatic rings. The Morgan fingerprint density at radius 1 is 1.29 bits per heavy atom. The van der Waals surface area contributed by atoms with Gasteiger partial charge in [0.2, 0.25) is 0 Å². The van der Waals surface area contributed by atoms with E-state index in [0.29, 0.717) is 6.42 Å². The molecule has 1 N–H and O–H groups in total. The Bertz CT molecular complexity index is 209. The van der Waals surface area contributed by atoms with Crippen molar-refractivity contribution >= 4 is 5.97 Å². The van der Waals surface area contributed by atoms with Gasteiger partial charge >= 0.3 is 5.97 Å². The summed E-state index contributed by atoms with van der Waals surface area (Å²) in [6.07, 6.45) is 6.97. The minimum absolute atomic E-state index is 0.309. The highest BCUT2D eigenvalue weighted by Crippen LogP contribution is 2.32. The lowest BCUT2D eigenvalue weighted by Gasteiger charge is -2.32. The summed E-state index contributed by atoms with van der Waals surface area (Å²) < 4.78 is 0. The second-order valence-electron chi connectivity index (χ2n) is 4.67. The Morgan fingerprint density at radius 2 is 2.00 bits per heavy atom. The van der Waals surface area contributed by atoms with Crippen LogP contribution in [-0.4, -0.2) is 35.1 Å². The molecule has 0 saturated heterocycles. The highest BCUT2D eigenvalue weighted by molar-refractivity contribution is 5.66. The summed E-state index contributed by atoms with van der Waals surface area (Å²) in [5.74, 6) is 0.202. The molecule has 2 aliphatic carbocycles. The van der Waals surface area contributed by atoms with Crippen molar-refractivity contribution in [2.75, 3.05) is 13.1 Å². The average Bonchev–Trinajstić information content (AvgIpc) is 2.84. The summed E-state index contributed by atoms with van der Waals surface area (Å²) in [7, 11) is 0. The van der Waals surface area contributed by atoms with E-state index in [1.165, 1.54) is 32.1 Å². The van der Waals surface area contributed by atoms with Gasteiger partial charge in [0.15, 0.2) is 0 Å². The maximum atomic E-state index is 10.5. The van der Waals surface area contributed by atoms with Crippen molar-refractivity contribution in [1.82, 2.24) is 4.90 Å². The van der Waals surface area contributed by atoms with Gasteiger partial charge < -0.3 is 5.11 Å². The number of hydrogen-bond donors (Lipinski definition) is 1.